The molecule has 5 aromatic rings. The van der Waals surface area contributed by atoms with Gasteiger partial charge in [0.1, 0.15) is 34.0 Å². The van der Waals surface area contributed by atoms with E-state index in [2.05, 4.69) is 20.3 Å². The number of amides is 1. The number of thiazole rings is 1. The number of anilines is 1. The molecule has 8 nitrogen and oxygen atoms in total. The second-order valence-corrected chi connectivity index (χ2v) is 10.1. The van der Waals surface area contributed by atoms with Crippen LogP contribution in [0.5, 0.6) is 11.5 Å². The number of fused-ring (bicyclic) bond motifs is 2. The summed E-state index contributed by atoms with van der Waals surface area (Å²) in [6, 6.07) is 9.22. The van der Waals surface area contributed by atoms with E-state index in [4.69, 9.17) is 37.4 Å². The van der Waals surface area contributed by atoms with Gasteiger partial charge in [-0.25, -0.2) is 19.2 Å². The summed E-state index contributed by atoms with van der Waals surface area (Å²) in [4.78, 5) is 24.5. The molecule has 1 N–H and O–H groups in total. The van der Waals surface area contributed by atoms with E-state index in [1.165, 1.54) is 23.5 Å². The average molecular weight is 591 g/mol. The number of pyridine rings is 2. The molecule has 0 radical (unpaired) electrons. The van der Waals surface area contributed by atoms with Crippen LogP contribution in [0.2, 0.25) is 10.0 Å². The largest absolute Gasteiger partial charge is 0.495 e. The van der Waals surface area contributed by atoms with Crippen molar-refractivity contribution in [1.82, 2.24) is 15.0 Å². The van der Waals surface area contributed by atoms with Crippen LogP contribution in [0.15, 0.2) is 48.8 Å². The predicted molar refractivity (Wildman–Crippen MR) is 146 cm³/mol. The Morgan fingerprint density at radius 1 is 1.10 bits per heavy atom. The topological polar surface area (TPSA) is 95.5 Å². The van der Waals surface area contributed by atoms with Crippen molar-refractivity contribution in [1.29, 1.82) is 0 Å². The fourth-order valence-corrected chi connectivity index (χ4v) is 5.24. The first-order chi connectivity index (χ1) is 18.7. The van der Waals surface area contributed by atoms with Gasteiger partial charge in [0.2, 0.25) is 5.95 Å². The molecule has 1 amide bonds. The fourth-order valence-electron chi connectivity index (χ4n) is 3.70. The highest BCUT2D eigenvalue weighted by atomic mass is 35.5. The number of aromatic nitrogens is 3. The second-order valence-electron chi connectivity index (χ2n) is 8.29. The molecule has 5 rings (SSSR count). The Hall–Kier alpha value is -3.80. The Balaban J connectivity index is 1.36. The zero-order valence-electron chi connectivity index (χ0n) is 20.3. The van der Waals surface area contributed by atoms with Crippen molar-refractivity contribution in [2.75, 3.05) is 19.0 Å². The number of nitrogens with zero attached hydrogens (tertiary/aromatic N) is 3. The Morgan fingerprint density at radius 3 is 2.67 bits per heavy atom. The molecule has 0 spiro atoms. The minimum atomic E-state index is -0.806. The van der Waals surface area contributed by atoms with E-state index in [9.17, 15) is 9.18 Å². The van der Waals surface area contributed by atoms with E-state index >= 15 is 4.39 Å². The van der Waals surface area contributed by atoms with Crippen LogP contribution in [0.1, 0.15) is 6.92 Å². The number of carbonyl (C=O) groups excluding carboxylic acids is 1. The van der Waals surface area contributed by atoms with E-state index in [-0.39, 0.29) is 28.6 Å². The van der Waals surface area contributed by atoms with Crippen molar-refractivity contribution < 1.29 is 27.8 Å². The first-order valence-electron chi connectivity index (χ1n) is 11.4. The maximum atomic E-state index is 15.1. The summed E-state index contributed by atoms with van der Waals surface area (Å²) in [7, 11) is 1.55. The predicted octanol–water partition coefficient (Wildman–Crippen LogP) is 7.52. The summed E-state index contributed by atoms with van der Waals surface area (Å²) in [5.74, 6) is -1.02. The summed E-state index contributed by atoms with van der Waals surface area (Å²) in [5, 5.41) is 3.97. The number of hydrogen-bond acceptors (Lipinski definition) is 8. The van der Waals surface area contributed by atoms with Crippen molar-refractivity contribution >= 4 is 67.4 Å². The van der Waals surface area contributed by atoms with Gasteiger partial charge in [-0.1, -0.05) is 23.2 Å². The van der Waals surface area contributed by atoms with Crippen LogP contribution in [-0.2, 0) is 4.74 Å². The maximum Gasteiger partial charge on any atom is 0.411 e. The number of halogens is 4. The van der Waals surface area contributed by atoms with Gasteiger partial charge in [0, 0.05) is 22.0 Å². The molecule has 13 heteroatoms. The fraction of sp³-hybridized carbons (Fsp3) is 0.154. The molecule has 39 heavy (non-hydrogen) atoms. The number of carbonyl (C=O) groups is 1. The lowest BCUT2D eigenvalue weighted by Gasteiger charge is -2.16. The van der Waals surface area contributed by atoms with Gasteiger partial charge in [-0.15, -0.1) is 11.3 Å². The minimum Gasteiger partial charge on any atom is -0.495 e. The SMILES string of the molecule is COc1cnc2c(-c3nc4c(Cl)c(F)c(O[C@@H](C)COC(=O)Nc5ccc(F)nc5)cc4s3)cc(Cl)cc2c1. The van der Waals surface area contributed by atoms with Gasteiger partial charge in [-0.05, 0) is 37.3 Å². The molecule has 0 bridgehead atoms. The number of hydrogen-bond donors (Lipinski definition) is 1. The van der Waals surface area contributed by atoms with Crippen LogP contribution < -0.4 is 14.8 Å². The molecular weight excluding hydrogens is 573 g/mol. The number of rotatable bonds is 7. The Morgan fingerprint density at radius 2 is 1.92 bits per heavy atom. The van der Waals surface area contributed by atoms with Gasteiger partial charge >= 0.3 is 6.09 Å². The lowest BCUT2D eigenvalue weighted by Crippen LogP contribution is -2.24. The van der Waals surface area contributed by atoms with Gasteiger partial charge < -0.3 is 14.2 Å². The van der Waals surface area contributed by atoms with Crippen LogP contribution in [0.3, 0.4) is 0 Å². The van der Waals surface area contributed by atoms with Crippen molar-refractivity contribution in [3.05, 3.63) is 70.6 Å². The molecular formula is C26H18Cl2F2N4O4S. The van der Waals surface area contributed by atoms with Crippen molar-refractivity contribution in [2.24, 2.45) is 0 Å². The molecule has 1 atom stereocenters. The van der Waals surface area contributed by atoms with Crippen LogP contribution in [0.4, 0.5) is 19.3 Å². The second kappa shape index (κ2) is 11.1. The molecule has 3 heterocycles. The zero-order chi connectivity index (χ0) is 27.7. The van der Waals surface area contributed by atoms with Gasteiger partial charge in [-0.2, -0.15) is 4.39 Å². The summed E-state index contributed by atoms with van der Waals surface area (Å²) in [6.07, 6.45) is 1.20. The summed E-state index contributed by atoms with van der Waals surface area (Å²) in [5.41, 5.74) is 1.82. The zero-order valence-corrected chi connectivity index (χ0v) is 22.6. The molecule has 0 aliphatic heterocycles. The van der Waals surface area contributed by atoms with Crippen molar-refractivity contribution in [2.45, 2.75) is 13.0 Å². The van der Waals surface area contributed by atoms with Gasteiger partial charge in [0.05, 0.1) is 35.4 Å². The number of nitrogens with one attached hydrogen (secondary N) is 1. The molecule has 200 valence electrons. The minimum absolute atomic E-state index is 0.124. The van der Waals surface area contributed by atoms with Crippen molar-refractivity contribution in [3.63, 3.8) is 0 Å². The van der Waals surface area contributed by atoms with Crippen LogP contribution in [0, 0.1) is 11.8 Å². The monoisotopic (exact) mass is 590 g/mol. The highest BCUT2D eigenvalue weighted by Crippen LogP contribution is 2.41. The molecule has 0 fully saturated rings. The third-order valence-electron chi connectivity index (χ3n) is 5.47. The Labute approximate surface area is 234 Å². The molecule has 0 aliphatic carbocycles. The molecule has 0 aliphatic rings. The van der Waals surface area contributed by atoms with E-state index in [1.807, 2.05) is 6.07 Å². The third kappa shape index (κ3) is 5.80. The van der Waals surface area contributed by atoms with Crippen LogP contribution >= 0.6 is 34.5 Å². The molecule has 2 aromatic carbocycles. The van der Waals surface area contributed by atoms with Crippen LogP contribution in [-0.4, -0.2) is 40.9 Å². The molecule has 0 saturated heterocycles. The lowest BCUT2D eigenvalue weighted by atomic mass is 10.1. The number of benzene rings is 2. The summed E-state index contributed by atoms with van der Waals surface area (Å²) < 4.78 is 44.7. The van der Waals surface area contributed by atoms with E-state index in [1.54, 1.807) is 32.4 Å². The molecule has 0 saturated carbocycles. The van der Waals surface area contributed by atoms with Gasteiger partial charge in [0.15, 0.2) is 11.6 Å². The first-order valence-corrected chi connectivity index (χ1v) is 12.9. The number of methoxy groups -OCH3 is 1. The highest BCUT2D eigenvalue weighted by molar-refractivity contribution is 7.21. The quantitative estimate of drug-likeness (QED) is 0.196. The maximum absolute atomic E-state index is 15.1. The number of ether oxygens (including phenoxy) is 3. The third-order valence-corrected chi connectivity index (χ3v) is 7.07. The highest BCUT2D eigenvalue weighted by Gasteiger charge is 2.21. The summed E-state index contributed by atoms with van der Waals surface area (Å²) in [6.45, 7) is 1.40. The summed E-state index contributed by atoms with van der Waals surface area (Å²) >= 11 is 14.0. The molecule has 0 unspecified atom stereocenters. The van der Waals surface area contributed by atoms with Crippen molar-refractivity contribution in [3.8, 4) is 22.1 Å². The van der Waals surface area contributed by atoms with E-state index < -0.39 is 24.0 Å². The van der Waals surface area contributed by atoms with Gasteiger partial charge in [0.25, 0.3) is 0 Å². The average Bonchev–Trinajstić information content (AvgIpc) is 3.35. The Bertz CT molecular complexity index is 1700. The van der Waals surface area contributed by atoms with Gasteiger partial charge in [-0.3, -0.25) is 10.3 Å². The lowest BCUT2D eigenvalue weighted by molar-refractivity contribution is 0.0969. The Kier molecular flexibility index (Phi) is 7.65. The molecule has 3 aromatic heterocycles. The smallest absolute Gasteiger partial charge is 0.411 e. The van der Waals surface area contributed by atoms with E-state index in [0.717, 1.165) is 17.6 Å². The first kappa shape index (κ1) is 26.8. The standard InChI is InChI=1S/C26H18Cl2F2N4O4S/c1-12(11-37-26(35)33-15-3-4-20(29)31-9-15)38-18-8-19-24(21(28)22(18)30)34-25(39-19)17-7-14(27)5-13-6-16(36-2)10-32-23(13)17/h3-10,12H,11H2,1-2H3,(H,33,35)/t12-/m0/s1. The van der Waals surface area contributed by atoms with Crippen LogP contribution in [0.25, 0.3) is 31.7 Å². The van der Waals surface area contributed by atoms with E-state index in [0.29, 0.717) is 31.6 Å². The normalized spacial score (nSPS) is 11.9.